The van der Waals surface area contributed by atoms with Crippen LogP contribution in [-0.4, -0.2) is 4.99 Å². The molecule has 0 aliphatic rings. The zero-order chi connectivity index (χ0) is 15.6. The number of benzene rings is 2. The Morgan fingerprint density at radius 3 is 2.48 bits per heavy atom. The van der Waals surface area contributed by atoms with Crippen LogP contribution in [0.25, 0.3) is 0 Å². The third-order valence-corrected chi connectivity index (χ3v) is 3.66. The Hall–Kier alpha value is -1.72. The minimum atomic E-state index is -1.06. The van der Waals surface area contributed by atoms with E-state index in [1.807, 2.05) is 12.1 Å². The molecular weight excluding hydrogens is 314 g/mol. The summed E-state index contributed by atoms with van der Waals surface area (Å²) in [5, 5.41) is 3.44. The Balaban J connectivity index is 2.30. The smallest absolute Gasteiger partial charge is 0.182 e. The van der Waals surface area contributed by atoms with Gasteiger partial charge in [-0.05, 0) is 30.7 Å². The van der Waals surface area contributed by atoms with Crippen LogP contribution in [0, 0.1) is 11.6 Å². The predicted molar refractivity (Wildman–Crippen MR) is 85.7 cm³/mol. The van der Waals surface area contributed by atoms with Crippen molar-refractivity contribution in [3.05, 3.63) is 64.2 Å². The molecule has 0 saturated heterocycles. The molecule has 0 aromatic heterocycles. The number of thiocarbonyl (C=S) groups is 1. The fourth-order valence-electron chi connectivity index (χ4n) is 1.99. The van der Waals surface area contributed by atoms with E-state index in [2.05, 4.69) is 17.5 Å². The Labute approximate surface area is 131 Å². The summed E-state index contributed by atoms with van der Waals surface area (Å²) in [6.45, 7) is 1.81. The van der Waals surface area contributed by atoms with Crippen LogP contribution in [0.2, 0.25) is 5.02 Å². The van der Waals surface area contributed by atoms with Crippen LogP contribution in [-0.2, 0) is 0 Å². The van der Waals surface area contributed by atoms with Crippen LogP contribution in [0.1, 0.15) is 24.1 Å². The van der Waals surface area contributed by atoms with E-state index in [9.17, 15) is 8.78 Å². The van der Waals surface area contributed by atoms with Crippen molar-refractivity contribution in [2.75, 3.05) is 5.32 Å². The standard InChI is InChI=1S/C15H13ClF2N2S/c1-8(9-4-2-3-5-11(9)16)20-12-7-6-10(15(19)21)13(17)14(12)18/h2-8,20H,1H3,(H2,19,21). The maximum Gasteiger partial charge on any atom is 0.182 e. The van der Waals surface area contributed by atoms with E-state index in [0.717, 1.165) is 5.56 Å². The average molecular weight is 327 g/mol. The van der Waals surface area contributed by atoms with Gasteiger partial charge in [0, 0.05) is 10.6 Å². The lowest BCUT2D eigenvalue weighted by Gasteiger charge is -2.18. The monoisotopic (exact) mass is 326 g/mol. The first-order valence-electron chi connectivity index (χ1n) is 6.20. The van der Waals surface area contributed by atoms with Crippen molar-refractivity contribution in [2.24, 2.45) is 5.73 Å². The molecule has 3 N–H and O–H groups in total. The molecule has 110 valence electrons. The minimum absolute atomic E-state index is 0.0277. The van der Waals surface area contributed by atoms with Gasteiger partial charge in [0.2, 0.25) is 0 Å². The molecule has 0 aliphatic heterocycles. The second kappa shape index (κ2) is 6.37. The summed E-state index contributed by atoms with van der Waals surface area (Å²) in [5.41, 5.74) is 6.04. The topological polar surface area (TPSA) is 38.0 Å². The first-order chi connectivity index (χ1) is 9.91. The lowest BCUT2D eigenvalue weighted by molar-refractivity contribution is 0.508. The maximum atomic E-state index is 14.0. The Morgan fingerprint density at radius 2 is 1.86 bits per heavy atom. The second-order valence-corrected chi connectivity index (χ2v) is 5.39. The van der Waals surface area contributed by atoms with Gasteiger partial charge in [0.15, 0.2) is 11.6 Å². The quantitative estimate of drug-likeness (QED) is 0.816. The molecule has 2 aromatic carbocycles. The van der Waals surface area contributed by atoms with Crippen LogP contribution in [0.4, 0.5) is 14.5 Å². The van der Waals surface area contributed by atoms with Crippen molar-refractivity contribution in [1.29, 1.82) is 0 Å². The van der Waals surface area contributed by atoms with E-state index in [-0.39, 0.29) is 22.3 Å². The van der Waals surface area contributed by atoms with E-state index in [1.165, 1.54) is 12.1 Å². The number of hydrogen-bond acceptors (Lipinski definition) is 2. The molecular formula is C15H13ClF2N2S. The van der Waals surface area contributed by atoms with E-state index in [0.29, 0.717) is 5.02 Å². The summed E-state index contributed by atoms with van der Waals surface area (Å²) < 4.78 is 27.8. The first kappa shape index (κ1) is 15.7. The van der Waals surface area contributed by atoms with E-state index in [4.69, 9.17) is 17.3 Å². The number of nitrogens with two attached hydrogens (primary N) is 1. The Morgan fingerprint density at radius 1 is 1.19 bits per heavy atom. The van der Waals surface area contributed by atoms with Gasteiger partial charge >= 0.3 is 0 Å². The molecule has 0 bridgehead atoms. The normalized spacial score (nSPS) is 12.0. The minimum Gasteiger partial charge on any atom is -0.389 e. The van der Waals surface area contributed by atoms with E-state index in [1.54, 1.807) is 19.1 Å². The van der Waals surface area contributed by atoms with Crippen molar-refractivity contribution < 1.29 is 8.78 Å². The summed E-state index contributed by atoms with van der Waals surface area (Å²) in [6, 6.07) is 9.65. The van der Waals surface area contributed by atoms with Crippen molar-refractivity contribution in [2.45, 2.75) is 13.0 Å². The highest BCUT2D eigenvalue weighted by atomic mass is 35.5. The number of hydrogen-bond donors (Lipinski definition) is 2. The molecule has 1 atom stereocenters. The van der Waals surface area contributed by atoms with E-state index >= 15 is 0 Å². The SMILES string of the molecule is CC(Nc1ccc(C(N)=S)c(F)c1F)c1ccccc1Cl. The lowest BCUT2D eigenvalue weighted by atomic mass is 10.1. The van der Waals surface area contributed by atoms with Crippen LogP contribution in [0.3, 0.4) is 0 Å². The van der Waals surface area contributed by atoms with Gasteiger partial charge in [0.25, 0.3) is 0 Å². The summed E-state index contributed by atoms with van der Waals surface area (Å²) in [4.78, 5) is -0.183. The summed E-state index contributed by atoms with van der Waals surface area (Å²) in [7, 11) is 0. The number of anilines is 1. The zero-order valence-electron chi connectivity index (χ0n) is 11.2. The molecule has 6 heteroatoms. The van der Waals surface area contributed by atoms with Gasteiger partial charge in [-0.1, -0.05) is 42.0 Å². The highest BCUT2D eigenvalue weighted by molar-refractivity contribution is 7.80. The van der Waals surface area contributed by atoms with Gasteiger partial charge in [0.1, 0.15) is 4.99 Å². The lowest BCUT2D eigenvalue weighted by Crippen LogP contribution is -2.15. The first-order valence-corrected chi connectivity index (χ1v) is 6.99. The van der Waals surface area contributed by atoms with E-state index < -0.39 is 11.6 Å². The van der Waals surface area contributed by atoms with Crippen LogP contribution < -0.4 is 11.1 Å². The molecule has 0 amide bonds. The van der Waals surface area contributed by atoms with Crippen molar-refractivity contribution in [3.63, 3.8) is 0 Å². The molecule has 2 rings (SSSR count). The number of halogens is 3. The van der Waals surface area contributed by atoms with Crippen LogP contribution in [0.5, 0.6) is 0 Å². The molecule has 0 radical (unpaired) electrons. The molecule has 0 heterocycles. The summed E-state index contributed by atoms with van der Waals surface area (Å²) >= 11 is 10.7. The van der Waals surface area contributed by atoms with Crippen molar-refractivity contribution >= 4 is 34.5 Å². The fraction of sp³-hybridized carbons (Fsp3) is 0.133. The highest BCUT2D eigenvalue weighted by Gasteiger charge is 2.17. The molecule has 2 aromatic rings. The Kier molecular flexibility index (Phi) is 4.75. The van der Waals surface area contributed by atoms with Crippen LogP contribution >= 0.6 is 23.8 Å². The van der Waals surface area contributed by atoms with Crippen molar-refractivity contribution in [3.8, 4) is 0 Å². The molecule has 2 nitrogen and oxygen atoms in total. The summed E-state index contributed by atoms with van der Waals surface area (Å²) in [5.74, 6) is -2.07. The van der Waals surface area contributed by atoms with Gasteiger partial charge in [0.05, 0.1) is 11.7 Å². The van der Waals surface area contributed by atoms with Gasteiger partial charge in [-0.15, -0.1) is 0 Å². The van der Waals surface area contributed by atoms with Crippen LogP contribution in [0.15, 0.2) is 36.4 Å². The van der Waals surface area contributed by atoms with Gasteiger partial charge in [-0.3, -0.25) is 0 Å². The molecule has 0 aliphatic carbocycles. The number of rotatable bonds is 4. The fourth-order valence-corrected chi connectivity index (χ4v) is 2.45. The third kappa shape index (κ3) is 3.31. The summed E-state index contributed by atoms with van der Waals surface area (Å²) in [6.07, 6.45) is 0. The molecule has 0 spiro atoms. The van der Waals surface area contributed by atoms with Gasteiger partial charge in [-0.2, -0.15) is 0 Å². The predicted octanol–water partition coefficient (Wildman–Crippen LogP) is 4.43. The zero-order valence-corrected chi connectivity index (χ0v) is 12.7. The molecule has 21 heavy (non-hydrogen) atoms. The Bertz CT molecular complexity index is 691. The van der Waals surface area contributed by atoms with Gasteiger partial charge in [-0.25, -0.2) is 8.78 Å². The average Bonchev–Trinajstić information content (AvgIpc) is 2.44. The van der Waals surface area contributed by atoms with Crippen molar-refractivity contribution in [1.82, 2.24) is 0 Å². The van der Waals surface area contributed by atoms with Gasteiger partial charge < -0.3 is 11.1 Å². The number of nitrogens with one attached hydrogen (secondary N) is 1. The maximum absolute atomic E-state index is 14.0. The third-order valence-electron chi connectivity index (χ3n) is 3.09. The molecule has 0 fully saturated rings. The second-order valence-electron chi connectivity index (χ2n) is 4.54. The largest absolute Gasteiger partial charge is 0.389 e. The molecule has 0 saturated carbocycles. The highest BCUT2D eigenvalue weighted by Crippen LogP contribution is 2.28. The molecule has 1 unspecified atom stereocenters.